The molecule has 10 nitrogen and oxygen atoms in total. The summed E-state index contributed by atoms with van der Waals surface area (Å²) in [6, 6.07) is 9.58. The number of primary amides is 1. The van der Waals surface area contributed by atoms with Crippen LogP contribution in [-0.2, 0) is 29.0 Å². The van der Waals surface area contributed by atoms with Crippen molar-refractivity contribution in [2.75, 3.05) is 13.1 Å². The number of carboxylic acid groups (broad SMARTS) is 1. The van der Waals surface area contributed by atoms with Crippen LogP contribution in [0.2, 0.25) is 0 Å². The number of hydrogen-bond acceptors (Lipinski definition) is 7. The van der Waals surface area contributed by atoms with E-state index in [0.717, 1.165) is 12.8 Å². The lowest BCUT2D eigenvalue weighted by molar-refractivity contribution is -0.163. The summed E-state index contributed by atoms with van der Waals surface area (Å²) < 4.78 is 32.8. The van der Waals surface area contributed by atoms with Crippen molar-refractivity contribution in [3.05, 3.63) is 30.3 Å². The molecule has 2 heterocycles. The summed E-state index contributed by atoms with van der Waals surface area (Å²) in [5, 5.41) is 19.1. The molecule has 0 radical (unpaired) electrons. The van der Waals surface area contributed by atoms with Crippen molar-refractivity contribution < 1.29 is 32.6 Å². The van der Waals surface area contributed by atoms with Crippen molar-refractivity contribution in [1.29, 1.82) is 5.26 Å². The molecule has 0 spiro atoms. The van der Waals surface area contributed by atoms with Gasteiger partial charge in [-0.05, 0) is 44.2 Å². The van der Waals surface area contributed by atoms with E-state index in [0.29, 0.717) is 13.1 Å². The van der Waals surface area contributed by atoms with E-state index in [2.05, 4.69) is 0 Å². The van der Waals surface area contributed by atoms with Gasteiger partial charge in [-0.1, -0.05) is 18.2 Å². The highest BCUT2D eigenvalue weighted by atomic mass is 32.2. The number of carbonyl (C=O) groups is 3. The van der Waals surface area contributed by atoms with Gasteiger partial charge in [-0.15, -0.1) is 0 Å². The quantitative estimate of drug-likeness (QED) is 0.574. The van der Waals surface area contributed by atoms with E-state index >= 15 is 0 Å². The van der Waals surface area contributed by atoms with Crippen molar-refractivity contribution in [2.24, 2.45) is 28.4 Å². The monoisotopic (exact) mass is 501 g/mol. The maximum Gasteiger partial charge on any atom is 0.310 e. The van der Waals surface area contributed by atoms with Gasteiger partial charge in [0, 0.05) is 19.0 Å². The van der Waals surface area contributed by atoms with Gasteiger partial charge in [-0.2, -0.15) is 5.26 Å². The fourth-order valence-electron chi connectivity index (χ4n) is 6.56. The summed E-state index contributed by atoms with van der Waals surface area (Å²) in [7, 11) is -3.98. The average molecular weight is 502 g/mol. The first-order valence-electron chi connectivity index (χ1n) is 11.7. The maximum absolute atomic E-state index is 13.9. The Labute approximate surface area is 202 Å². The molecule has 7 atom stereocenters. The van der Waals surface area contributed by atoms with Gasteiger partial charge in [-0.3, -0.25) is 14.4 Å². The number of aliphatic carboxylic acids is 1. The van der Waals surface area contributed by atoms with Gasteiger partial charge in [0.1, 0.15) is 5.41 Å². The summed E-state index contributed by atoms with van der Waals surface area (Å²) in [5.74, 6) is -5.03. The van der Waals surface area contributed by atoms with E-state index in [9.17, 15) is 33.2 Å². The van der Waals surface area contributed by atoms with E-state index < -0.39 is 55.5 Å². The SMILES string of the molecule is N#CC1(C(N)=O)CC1[C@]1(C(=O)O)C[C@H](S(=O)(=O)c2ccccc2)C[C@H]1C(=O)N1C[C@H]2CC[C@@H](C1)O2. The maximum atomic E-state index is 13.9. The summed E-state index contributed by atoms with van der Waals surface area (Å²) in [6.45, 7) is 0.614. The number of likely N-dealkylation sites (tertiary alicyclic amines) is 1. The Bertz CT molecular complexity index is 1220. The van der Waals surface area contributed by atoms with E-state index in [4.69, 9.17) is 10.5 Å². The highest BCUT2D eigenvalue weighted by Crippen LogP contribution is 2.68. The van der Waals surface area contributed by atoms with Crippen molar-refractivity contribution in [1.82, 2.24) is 4.90 Å². The third-order valence-electron chi connectivity index (χ3n) is 8.47. The normalized spacial score (nSPS) is 38.0. The van der Waals surface area contributed by atoms with Crippen molar-refractivity contribution in [3.8, 4) is 6.07 Å². The van der Waals surface area contributed by atoms with E-state index in [-0.39, 0.29) is 36.4 Å². The van der Waals surface area contributed by atoms with Gasteiger partial charge in [-0.25, -0.2) is 8.42 Å². The molecule has 3 N–H and O–H groups in total. The van der Waals surface area contributed by atoms with Crippen molar-refractivity contribution in [2.45, 2.75) is 54.5 Å². The number of sulfone groups is 1. The first-order valence-corrected chi connectivity index (χ1v) is 13.3. The Morgan fingerprint density at radius 1 is 1.11 bits per heavy atom. The molecule has 2 aliphatic heterocycles. The number of benzene rings is 1. The molecule has 1 aromatic rings. The number of nitrogens with zero attached hydrogens (tertiary/aromatic N) is 2. The number of nitrogens with two attached hydrogens (primary N) is 1. The van der Waals surface area contributed by atoms with Gasteiger partial charge in [0.15, 0.2) is 9.84 Å². The first-order chi connectivity index (χ1) is 16.6. The van der Waals surface area contributed by atoms with Gasteiger partial charge in [0.05, 0.1) is 39.8 Å². The number of hydrogen-bond donors (Lipinski definition) is 2. The minimum atomic E-state index is -3.98. The number of carbonyl (C=O) groups excluding carboxylic acids is 2. The van der Waals surface area contributed by atoms with E-state index in [1.165, 1.54) is 12.1 Å². The Morgan fingerprint density at radius 2 is 1.74 bits per heavy atom. The third kappa shape index (κ3) is 3.45. The number of amides is 2. The molecule has 35 heavy (non-hydrogen) atoms. The molecular formula is C24H27N3O7S. The zero-order valence-electron chi connectivity index (χ0n) is 19.0. The molecule has 2 amide bonds. The highest BCUT2D eigenvalue weighted by molar-refractivity contribution is 7.92. The summed E-state index contributed by atoms with van der Waals surface area (Å²) in [6.07, 6.45) is 0.659. The second-order valence-electron chi connectivity index (χ2n) is 10.2. The smallest absolute Gasteiger partial charge is 0.310 e. The summed E-state index contributed by atoms with van der Waals surface area (Å²) in [4.78, 5) is 40.6. The first kappa shape index (κ1) is 23.8. The Morgan fingerprint density at radius 3 is 2.26 bits per heavy atom. The largest absolute Gasteiger partial charge is 0.481 e. The number of morpholine rings is 1. The fraction of sp³-hybridized carbons (Fsp3) is 0.583. The third-order valence-corrected chi connectivity index (χ3v) is 10.6. The number of fused-ring (bicyclic) bond motifs is 2. The summed E-state index contributed by atoms with van der Waals surface area (Å²) in [5.41, 5.74) is 1.87. The molecule has 2 saturated carbocycles. The molecule has 186 valence electrons. The second kappa shape index (κ2) is 8.03. The van der Waals surface area contributed by atoms with Crippen LogP contribution in [0.1, 0.15) is 32.1 Å². The lowest BCUT2D eigenvalue weighted by Crippen LogP contribution is -2.52. The molecule has 2 saturated heterocycles. The molecule has 11 heteroatoms. The van der Waals surface area contributed by atoms with Crippen LogP contribution in [0.3, 0.4) is 0 Å². The predicted octanol–water partition coefficient (Wildman–Crippen LogP) is 0.715. The minimum Gasteiger partial charge on any atom is -0.481 e. The lowest BCUT2D eigenvalue weighted by atomic mass is 9.70. The van der Waals surface area contributed by atoms with Crippen LogP contribution in [0.15, 0.2) is 35.2 Å². The average Bonchev–Trinajstić information content (AvgIpc) is 3.32. The Hall–Kier alpha value is -2.97. The zero-order valence-corrected chi connectivity index (χ0v) is 19.8. The zero-order chi connectivity index (χ0) is 25.2. The molecule has 4 fully saturated rings. The van der Waals surface area contributed by atoms with E-state index in [1.807, 2.05) is 6.07 Å². The molecule has 2 unspecified atom stereocenters. The van der Waals surface area contributed by atoms with Crippen molar-refractivity contribution >= 4 is 27.6 Å². The van der Waals surface area contributed by atoms with Crippen LogP contribution in [0.25, 0.3) is 0 Å². The lowest BCUT2D eigenvalue weighted by Gasteiger charge is -2.38. The predicted molar refractivity (Wildman–Crippen MR) is 120 cm³/mol. The van der Waals surface area contributed by atoms with E-state index in [1.54, 1.807) is 23.1 Å². The Balaban J connectivity index is 1.56. The molecular weight excluding hydrogens is 474 g/mol. The van der Waals surface area contributed by atoms with Crippen LogP contribution in [0.5, 0.6) is 0 Å². The number of nitriles is 1. The number of rotatable bonds is 6. The molecule has 0 aromatic heterocycles. The second-order valence-corrected chi connectivity index (χ2v) is 12.5. The fourth-order valence-corrected chi connectivity index (χ4v) is 8.42. The van der Waals surface area contributed by atoms with Crippen LogP contribution in [0, 0.1) is 34.0 Å². The molecule has 4 aliphatic rings. The van der Waals surface area contributed by atoms with Gasteiger partial charge >= 0.3 is 5.97 Å². The van der Waals surface area contributed by atoms with Crippen molar-refractivity contribution in [3.63, 3.8) is 0 Å². The minimum absolute atomic E-state index is 0.0408. The standard InChI is InChI=1S/C24H27N3O7S/c25-13-23(21(26)29)10-19(23)24(22(30)31)9-17(35(32,33)16-4-2-1-3-5-16)8-18(24)20(28)27-11-14-6-7-15(12-27)34-14/h1-5,14-15,17-19H,6-12H2,(H2,26,29)(H,30,31)/t14-,15+,17-,18+,19?,23?,24+/m1/s1. The van der Waals surface area contributed by atoms with Crippen LogP contribution >= 0.6 is 0 Å². The number of ether oxygens (including phenoxy) is 1. The Kier molecular flexibility index (Phi) is 5.45. The van der Waals surface area contributed by atoms with Gasteiger partial charge in [0.25, 0.3) is 0 Å². The van der Waals surface area contributed by atoms with Crippen LogP contribution < -0.4 is 5.73 Å². The molecule has 5 rings (SSSR count). The highest BCUT2D eigenvalue weighted by Gasteiger charge is 2.76. The van der Waals surface area contributed by atoms with Crippen LogP contribution in [-0.4, -0.2) is 66.8 Å². The molecule has 1 aromatic carbocycles. The molecule has 2 bridgehead atoms. The van der Waals surface area contributed by atoms with Gasteiger partial charge < -0.3 is 20.5 Å². The van der Waals surface area contributed by atoms with Crippen LogP contribution in [0.4, 0.5) is 0 Å². The topological polar surface area (TPSA) is 168 Å². The summed E-state index contributed by atoms with van der Waals surface area (Å²) >= 11 is 0. The van der Waals surface area contributed by atoms with Gasteiger partial charge in [0.2, 0.25) is 11.8 Å². The number of carboxylic acids is 1. The molecule has 2 aliphatic carbocycles.